The highest BCUT2D eigenvalue weighted by molar-refractivity contribution is 5.75. The van der Waals surface area contributed by atoms with Gasteiger partial charge in [-0.2, -0.15) is 0 Å². The lowest BCUT2D eigenvalue weighted by Gasteiger charge is -2.14. The van der Waals surface area contributed by atoms with Crippen LogP contribution in [-0.4, -0.2) is 38.4 Å². The van der Waals surface area contributed by atoms with Crippen molar-refractivity contribution in [2.75, 3.05) is 20.3 Å². The molecule has 5 heteroatoms. The number of carbonyl (C=O) groups excluding carboxylic acids is 1. The second kappa shape index (κ2) is 12.9. The van der Waals surface area contributed by atoms with E-state index < -0.39 is 6.04 Å². The smallest absolute Gasteiger partial charge is 0.322 e. The number of hydrogen-bond acceptors (Lipinski definition) is 5. The summed E-state index contributed by atoms with van der Waals surface area (Å²) in [5, 5.41) is 0. The first kappa shape index (κ1) is 21.4. The molecule has 0 unspecified atom stereocenters. The van der Waals surface area contributed by atoms with Crippen molar-refractivity contribution in [2.45, 2.75) is 52.7 Å². The average Bonchev–Trinajstić information content (AvgIpc) is 2.53. The molecule has 0 fully saturated rings. The van der Waals surface area contributed by atoms with E-state index in [0.29, 0.717) is 6.61 Å². The van der Waals surface area contributed by atoms with Gasteiger partial charge >= 0.3 is 5.97 Å². The van der Waals surface area contributed by atoms with Crippen LogP contribution in [0, 0.1) is 6.92 Å². The van der Waals surface area contributed by atoms with E-state index >= 15 is 0 Å². The summed E-state index contributed by atoms with van der Waals surface area (Å²) in [6, 6.07) is 7.41. The van der Waals surface area contributed by atoms with Gasteiger partial charge < -0.3 is 19.9 Å². The molecule has 0 aromatic heterocycles. The Bertz CT molecular complexity index is 418. The van der Waals surface area contributed by atoms with E-state index in [0.717, 1.165) is 25.2 Å². The lowest BCUT2D eigenvalue weighted by atomic mass is 10.2. The third-order valence-electron chi connectivity index (χ3n) is 2.96. The van der Waals surface area contributed by atoms with E-state index in [1.807, 2.05) is 31.2 Å². The molecule has 0 radical (unpaired) electrons. The van der Waals surface area contributed by atoms with Crippen LogP contribution in [0.3, 0.4) is 0 Å². The second-order valence-electron chi connectivity index (χ2n) is 5.45. The number of carbonyl (C=O) groups is 1. The van der Waals surface area contributed by atoms with Gasteiger partial charge in [0.05, 0.1) is 13.7 Å². The van der Waals surface area contributed by atoms with Crippen molar-refractivity contribution in [3.8, 4) is 5.75 Å². The van der Waals surface area contributed by atoms with Crippen molar-refractivity contribution in [3.05, 3.63) is 29.8 Å². The number of rotatable bonds is 8. The predicted molar refractivity (Wildman–Crippen MR) is 92.7 cm³/mol. The van der Waals surface area contributed by atoms with Crippen LogP contribution in [0.2, 0.25) is 0 Å². The molecule has 0 aliphatic rings. The Hall–Kier alpha value is -1.59. The molecule has 23 heavy (non-hydrogen) atoms. The minimum atomic E-state index is -0.547. The van der Waals surface area contributed by atoms with E-state index in [4.69, 9.17) is 19.9 Å². The van der Waals surface area contributed by atoms with Gasteiger partial charge in [-0.1, -0.05) is 24.6 Å². The normalized spacial score (nSPS) is 12.6. The molecule has 0 bridgehead atoms. The molecule has 0 spiro atoms. The summed E-state index contributed by atoms with van der Waals surface area (Å²) in [7, 11) is 1.67. The summed E-state index contributed by atoms with van der Waals surface area (Å²) in [5.74, 6) is 0.564. The van der Waals surface area contributed by atoms with Crippen molar-refractivity contribution in [1.82, 2.24) is 0 Å². The Labute approximate surface area is 140 Å². The second-order valence-corrected chi connectivity index (χ2v) is 5.45. The molecule has 0 amide bonds. The highest BCUT2D eigenvalue weighted by Crippen LogP contribution is 2.09. The summed E-state index contributed by atoms with van der Waals surface area (Å²) in [6.07, 6.45) is 1.61. The number of nitrogens with two attached hydrogens (primary N) is 1. The van der Waals surface area contributed by atoms with Crippen LogP contribution in [-0.2, 0) is 14.3 Å². The van der Waals surface area contributed by atoms with Crippen molar-refractivity contribution < 1.29 is 19.0 Å². The van der Waals surface area contributed by atoms with Gasteiger partial charge in [0.25, 0.3) is 0 Å². The van der Waals surface area contributed by atoms with Gasteiger partial charge in [-0.05, 0) is 39.3 Å². The molecule has 0 heterocycles. The number of methoxy groups -OCH3 is 1. The van der Waals surface area contributed by atoms with Gasteiger partial charge in [0.15, 0.2) is 0 Å². The molecule has 1 rings (SSSR count). The first-order valence-corrected chi connectivity index (χ1v) is 8.05. The zero-order valence-corrected chi connectivity index (χ0v) is 15.0. The van der Waals surface area contributed by atoms with E-state index in [2.05, 4.69) is 13.8 Å². The maximum atomic E-state index is 11.1. The topological polar surface area (TPSA) is 70.8 Å². The lowest BCUT2D eigenvalue weighted by molar-refractivity contribution is -0.150. The first-order chi connectivity index (χ1) is 10.9. The number of ether oxygens (including phenoxy) is 3. The van der Waals surface area contributed by atoms with Crippen LogP contribution >= 0.6 is 0 Å². The molecule has 0 aliphatic heterocycles. The Morgan fingerprint density at radius 3 is 2.26 bits per heavy atom. The molecule has 0 saturated carbocycles. The van der Waals surface area contributed by atoms with Crippen molar-refractivity contribution in [2.24, 2.45) is 5.73 Å². The van der Waals surface area contributed by atoms with Crippen LogP contribution in [0.25, 0.3) is 0 Å². The van der Waals surface area contributed by atoms with Gasteiger partial charge in [-0.15, -0.1) is 0 Å². The van der Waals surface area contributed by atoms with E-state index in [9.17, 15) is 4.79 Å². The fraction of sp³-hybridized carbons (Fsp3) is 0.611. The van der Waals surface area contributed by atoms with Gasteiger partial charge in [0.1, 0.15) is 17.9 Å². The molecule has 0 saturated heterocycles. The van der Waals surface area contributed by atoms with E-state index in [-0.39, 0.29) is 12.1 Å². The summed E-state index contributed by atoms with van der Waals surface area (Å²) in [6.45, 7) is 8.95. The Balaban J connectivity index is 0.000000459. The van der Waals surface area contributed by atoms with Gasteiger partial charge in [0, 0.05) is 13.0 Å². The molecule has 2 atom stereocenters. The van der Waals surface area contributed by atoms with Crippen LogP contribution in [0.4, 0.5) is 0 Å². The molecular formula is C18H31NO4. The highest BCUT2D eigenvalue weighted by Gasteiger charge is 2.12. The Morgan fingerprint density at radius 2 is 1.78 bits per heavy atom. The largest absolute Gasteiger partial charge is 0.497 e. The Morgan fingerprint density at radius 1 is 1.17 bits per heavy atom. The van der Waals surface area contributed by atoms with Gasteiger partial charge in [0.2, 0.25) is 0 Å². The summed E-state index contributed by atoms with van der Waals surface area (Å²) >= 11 is 0. The zero-order chi connectivity index (χ0) is 17.7. The predicted octanol–water partition coefficient (Wildman–Crippen LogP) is 3.09. The zero-order valence-electron chi connectivity index (χ0n) is 15.0. The monoisotopic (exact) mass is 325 g/mol. The molecule has 1 aromatic carbocycles. The lowest BCUT2D eigenvalue weighted by Crippen LogP contribution is -2.31. The average molecular weight is 325 g/mol. The van der Waals surface area contributed by atoms with Crippen molar-refractivity contribution >= 4 is 5.97 Å². The minimum absolute atomic E-state index is 0.120. The molecule has 2 N–H and O–H groups in total. The van der Waals surface area contributed by atoms with Crippen LogP contribution < -0.4 is 10.5 Å². The van der Waals surface area contributed by atoms with Crippen molar-refractivity contribution in [1.29, 1.82) is 0 Å². The molecule has 1 aromatic rings. The SMILES string of the molecule is CCCOCC[C@H](C)OC(=O)[C@H](C)N.COc1ccc(C)cc1. The Kier molecular flexibility index (Phi) is 12.0. The summed E-state index contributed by atoms with van der Waals surface area (Å²) in [4.78, 5) is 11.1. The van der Waals surface area contributed by atoms with Gasteiger partial charge in [-0.3, -0.25) is 4.79 Å². The molecular weight excluding hydrogens is 294 g/mol. The third-order valence-corrected chi connectivity index (χ3v) is 2.96. The maximum absolute atomic E-state index is 11.1. The standard InChI is InChI=1S/C10H21NO3.C8H10O/c1-4-6-13-7-5-8(2)14-10(12)9(3)11;1-7-3-5-8(9-2)6-4-7/h8-9H,4-7,11H2,1-3H3;3-6H,1-2H3/t8-,9-;/m0./s1. The van der Waals surface area contributed by atoms with Gasteiger partial charge in [-0.25, -0.2) is 0 Å². The molecule has 5 nitrogen and oxygen atoms in total. The summed E-state index contributed by atoms with van der Waals surface area (Å²) in [5.41, 5.74) is 6.61. The highest BCUT2D eigenvalue weighted by atomic mass is 16.5. The molecule has 0 aliphatic carbocycles. The van der Waals surface area contributed by atoms with E-state index in [1.165, 1.54) is 5.56 Å². The number of esters is 1. The van der Waals surface area contributed by atoms with Crippen molar-refractivity contribution in [3.63, 3.8) is 0 Å². The van der Waals surface area contributed by atoms with Crippen LogP contribution in [0.5, 0.6) is 5.75 Å². The number of aryl methyl sites for hydroxylation is 1. The number of hydrogen-bond donors (Lipinski definition) is 1. The maximum Gasteiger partial charge on any atom is 0.322 e. The molecule has 132 valence electrons. The van der Waals surface area contributed by atoms with Crippen LogP contribution in [0.15, 0.2) is 24.3 Å². The van der Waals surface area contributed by atoms with Crippen LogP contribution in [0.1, 0.15) is 39.2 Å². The third kappa shape index (κ3) is 11.6. The first-order valence-electron chi connectivity index (χ1n) is 8.05. The van der Waals surface area contributed by atoms with E-state index in [1.54, 1.807) is 14.0 Å². The quantitative estimate of drug-likeness (QED) is 0.587. The fourth-order valence-electron chi connectivity index (χ4n) is 1.53. The number of benzene rings is 1. The fourth-order valence-corrected chi connectivity index (χ4v) is 1.53. The summed E-state index contributed by atoms with van der Waals surface area (Å²) < 4.78 is 15.3. The minimum Gasteiger partial charge on any atom is -0.497 e.